The Morgan fingerprint density at radius 2 is 2.30 bits per heavy atom. The molecule has 2 N–H and O–H groups in total. The molecule has 6 nitrogen and oxygen atoms in total. The first-order chi connectivity index (χ1) is 4.74. The number of urea groups is 1. The summed E-state index contributed by atoms with van der Waals surface area (Å²) in [7, 11) is 0. The van der Waals surface area contributed by atoms with E-state index in [-0.39, 0.29) is 11.3 Å². The SMILES string of the molecule is O=C1NC(=O)C(O[Cl+][O-])N1. The number of nitrogens with one attached hydrogen (secondary N) is 2. The Hall–Kier alpha value is -0.850. The van der Waals surface area contributed by atoms with Crippen LogP contribution in [0.15, 0.2) is 0 Å². The van der Waals surface area contributed by atoms with Crippen LogP contribution in [0.3, 0.4) is 0 Å². The van der Waals surface area contributed by atoms with Crippen LogP contribution < -0.4 is 15.3 Å². The first-order valence-electron chi connectivity index (χ1n) is 2.28. The van der Waals surface area contributed by atoms with Gasteiger partial charge >= 0.3 is 17.4 Å². The molecule has 0 bridgehead atoms. The van der Waals surface area contributed by atoms with E-state index in [4.69, 9.17) is 0 Å². The predicted molar refractivity (Wildman–Crippen MR) is 21.5 cm³/mol. The average molecular weight is 167 g/mol. The van der Waals surface area contributed by atoms with E-state index < -0.39 is 18.2 Å². The lowest BCUT2D eigenvalue weighted by atomic mass is 10.6. The number of rotatable bonds is 2. The van der Waals surface area contributed by atoms with Gasteiger partial charge in [-0.3, -0.25) is 15.4 Å². The molecule has 10 heavy (non-hydrogen) atoms. The number of imide groups is 1. The van der Waals surface area contributed by atoms with Crippen molar-refractivity contribution in [3.8, 4) is 0 Å². The van der Waals surface area contributed by atoms with E-state index >= 15 is 0 Å². The van der Waals surface area contributed by atoms with Gasteiger partial charge in [0.2, 0.25) is 0 Å². The van der Waals surface area contributed by atoms with Crippen molar-refractivity contribution in [2.75, 3.05) is 0 Å². The van der Waals surface area contributed by atoms with Gasteiger partial charge in [-0.25, -0.2) is 4.79 Å². The second-order valence-electron chi connectivity index (χ2n) is 1.49. The van der Waals surface area contributed by atoms with Crippen molar-refractivity contribution in [3.05, 3.63) is 0 Å². The maximum absolute atomic E-state index is 10.5. The second kappa shape index (κ2) is 2.82. The van der Waals surface area contributed by atoms with E-state index in [1.807, 2.05) is 10.6 Å². The quantitative estimate of drug-likeness (QED) is 0.442. The maximum atomic E-state index is 10.5. The molecule has 1 atom stereocenters. The summed E-state index contributed by atoms with van der Waals surface area (Å²) in [4.78, 5) is 20.8. The van der Waals surface area contributed by atoms with Crippen LogP contribution >= 0.6 is 0 Å². The molecule has 0 aliphatic carbocycles. The van der Waals surface area contributed by atoms with Crippen molar-refractivity contribution >= 4 is 11.9 Å². The molecule has 1 heterocycles. The third-order valence-electron chi connectivity index (χ3n) is 0.863. The first kappa shape index (κ1) is 7.26. The van der Waals surface area contributed by atoms with Crippen LogP contribution in [0.25, 0.3) is 0 Å². The molecule has 0 aromatic heterocycles. The molecule has 0 spiro atoms. The average Bonchev–Trinajstić information content (AvgIpc) is 2.13. The minimum atomic E-state index is -1.17. The fraction of sp³-hybridized carbons (Fsp3) is 0.333. The van der Waals surface area contributed by atoms with Crippen LogP contribution in [-0.4, -0.2) is 18.2 Å². The molecule has 0 aromatic carbocycles. The molecular formula is C3H3ClN2O4. The van der Waals surface area contributed by atoms with Crippen molar-refractivity contribution in [2.45, 2.75) is 6.23 Å². The van der Waals surface area contributed by atoms with Crippen LogP contribution in [0, 0.1) is 11.3 Å². The van der Waals surface area contributed by atoms with Crippen molar-refractivity contribution in [1.29, 1.82) is 0 Å². The van der Waals surface area contributed by atoms with Crippen molar-refractivity contribution < 1.29 is 29.9 Å². The summed E-state index contributed by atoms with van der Waals surface area (Å²) in [5.74, 6) is -0.659. The molecular weight excluding hydrogens is 163 g/mol. The lowest BCUT2D eigenvalue weighted by Gasteiger charge is -1.94. The van der Waals surface area contributed by atoms with Gasteiger partial charge in [0.25, 0.3) is 12.1 Å². The van der Waals surface area contributed by atoms with E-state index in [0.29, 0.717) is 0 Å². The largest absolute Gasteiger partial charge is 0.506 e. The van der Waals surface area contributed by atoms with Crippen LogP contribution in [0.1, 0.15) is 0 Å². The third kappa shape index (κ3) is 1.35. The summed E-state index contributed by atoms with van der Waals surface area (Å²) in [6.07, 6.45) is -1.17. The van der Waals surface area contributed by atoms with Gasteiger partial charge < -0.3 is 4.66 Å². The fourth-order valence-corrected chi connectivity index (χ4v) is 0.695. The highest BCUT2D eigenvalue weighted by atomic mass is 35.6. The van der Waals surface area contributed by atoms with E-state index in [2.05, 4.69) is 4.29 Å². The Morgan fingerprint density at radius 1 is 1.60 bits per heavy atom. The Kier molecular flexibility index (Phi) is 2.05. The Morgan fingerprint density at radius 3 is 2.70 bits per heavy atom. The van der Waals surface area contributed by atoms with Gasteiger partial charge in [0.15, 0.2) is 0 Å². The van der Waals surface area contributed by atoms with Crippen LogP contribution in [-0.2, 0) is 9.08 Å². The van der Waals surface area contributed by atoms with E-state index in [0.717, 1.165) is 0 Å². The number of carbonyl (C=O) groups excluding carboxylic acids is 2. The van der Waals surface area contributed by atoms with Crippen molar-refractivity contribution in [2.24, 2.45) is 0 Å². The maximum Gasteiger partial charge on any atom is 0.333 e. The normalized spacial score (nSPS) is 24.3. The predicted octanol–water partition coefficient (Wildman–Crippen LogP) is -2.56. The number of carbonyl (C=O) groups is 2. The van der Waals surface area contributed by atoms with Gasteiger partial charge in [-0.15, -0.1) is 0 Å². The first-order valence-corrected chi connectivity index (χ1v) is 2.90. The van der Waals surface area contributed by atoms with E-state index in [9.17, 15) is 14.2 Å². The van der Waals surface area contributed by atoms with Crippen molar-refractivity contribution in [3.63, 3.8) is 0 Å². The second-order valence-corrected chi connectivity index (χ2v) is 1.80. The van der Waals surface area contributed by atoms with Crippen molar-refractivity contribution in [1.82, 2.24) is 10.6 Å². The molecule has 7 heteroatoms. The summed E-state index contributed by atoms with van der Waals surface area (Å²) in [6, 6.07) is -0.658. The zero-order chi connectivity index (χ0) is 7.56. The fourth-order valence-electron chi connectivity index (χ4n) is 0.497. The number of halogens is 1. The number of amides is 3. The summed E-state index contributed by atoms with van der Waals surface area (Å²) in [5, 5.41) is 3.92. The van der Waals surface area contributed by atoms with Gasteiger partial charge in [-0.1, -0.05) is 4.29 Å². The summed E-state index contributed by atoms with van der Waals surface area (Å²) in [5.41, 5.74) is 0. The van der Waals surface area contributed by atoms with E-state index in [1.165, 1.54) is 0 Å². The van der Waals surface area contributed by atoms with Gasteiger partial charge in [0.05, 0.1) is 0 Å². The molecule has 1 rings (SSSR count). The number of hydrogen-bond donors (Lipinski definition) is 2. The zero-order valence-corrected chi connectivity index (χ0v) is 5.34. The molecule has 1 aliphatic heterocycles. The summed E-state index contributed by atoms with van der Waals surface area (Å²) < 4.78 is 13.8. The van der Waals surface area contributed by atoms with Gasteiger partial charge in [0, 0.05) is 0 Å². The van der Waals surface area contributed by atoms with Crippen LogP contribution in [0.4, 0.5) is 4.79 Å². The Labute approximate surface area is 59.6 Å². The van der Waals surface area contributed by atoms with Crippen LogP contribution in [0.2, 0.25) is 0 Å². The molecule has 1 fully saturated rings. The van der Waals surface area contributed by atoms with Gasteiger partial charge in [-0.05, 0) is 0 Å². The molecule has 0 saturated carbocycles. The highest BCUT2D eigenvalue weighted by Crippen LogP contribution is 1.93. The van der Waals surface area contributed by atoms with E-state index in [1.54, 1.807) is 0 Å². The molecule has 0 radical (unpaired) electrons. The Bertz CT molecular complexity index is 172. The third-order valence-corrected chi connectivity index (χ3v) is 1.11. The smallest absolute Gasteiger partial charge is 0.333 e. The zero-order valence-electron chi connectivity index (χ0n) is 4.59. The molecule has 1 unspecified atom stereocenters. The standard InChI is InChI=1S/C3H3ClN2O4/c7-1-2(10-4-9)6-3(8)5-1/h2H,(H2,5,6,7,8). The summed E-state index contributed by atoms with van der Waals surface area (Å²) in [6.45, 7) is 0. The van der Waals surface area contributed by atoms with Gasteiger partial charge in [0.1, 0.15) is 0 Å². The minimum Gasteiger partial charge on any atom is -0.506 e. The number of hydrogen-bond acceptors (Lipinski definition) is 4. The lowest BCUT2D eigenvalue weighted by Crippen LogP contribution is -2.33. The molecule has 0 aromatic rings. The minimum absolute atomic E-state index is 0.198. The Balaban J connectivity index is 2.46. The molecule has 1 saturated heterocycles. The van der Waals surface area contributed by atoms with Gasteiger partial charge in [-0.2, -0.15) is 0 Å². The highest BCUT2D eigenvalue weighted by Gasteiger charge is 2.34. The molecule has 3 amide bonds. The molecule has 56 valence electrons. The topological polar surface area (TPSA) is 90.5 Å². The highest BCUT2D eigenvalue weighted by molar-refractivity contribution is 6.03. The lowest BCUT2D eigenvalue weighted by molar-refractivity contribution is -1.27. The molecule has 1 aliphatic rings. The summed E-state index contributed by atoms with van der Waals surface area (Å²) >= 11 is 0.198. The van der Waals surface area contributed by atoms with Crippen LogP contribution in [0.5, 0.6) is 0 Å². The monoisotopic (exact) mass is 166 g/mol.